The van der Waals surface area contributed by atoms with E-state index in [1.165, 1.54) is 0 Å². The number of alkyl halides is 3. The van der Waals surface area contributed by atoms with E-state index in [0.717, 1.165) is 16.9 Å². The summed E-state index contributed by atoms with van der Waals surface area (Å²) in [5.74, 6) is -0.272. The maximum atomic E-state index is 12.0. The Kier molecular flexibility index (Phi) is 5.00. The summed E-state index contributed by atoms with van der Waals surface area (Å²) in [5, 5.41) is 7.21. The van der Waals surface area contributed by atoms with Crippen molar-refractivity contribution in [3.8, 4) is 5.69 Å². The number of anilines is 1. The third-order valence-electron chi connectivity index (χ3n) is 3.26. The van der Waals surface area contributed by atoms with Crippen molar-refractivity contribution in [2.24, 2.45) is 0 Å². The number of halogens is 3. The second-order valence-electron chi connectivity index (χ2n) is 6.36. The first kappa shape index (κ1) is 18.1. The van der Waals surface area contributed by atoms with Crippen LogP contribution in [0.3, 0.4) is 0 Å². The lowest BCUT2D eigenvalue weighted by atomic mass is 9.92. The quantitative estimate of drug-likeness (QED) is 0.768. The topological polar surface area (TPSA) is 46.9 Å². The lowest BCUT2D eigenvalue weighted by Crippen LogP contribution is -2.28. The zero-order chi connectivity index (χ0) is 17.4. The first-order valence-electron chi connectivity index (χ1n) is 7.04. The molecule has 1 amide bonds. The molecule has 1 aromatic heterocycles. The third kappa shape index (κ3) is 4.40. The molecule has 1 heterocycles. The van der Waals surface area contributed by atoms with E-state index in [1.54, 1.807) is 10.7 Å². The second kappa shape index (κ2) is 6.34. The summed E-state index contributed by atoms with van der Waals surface area (Å²) >= 11 is 16.9. The minimum Gasteiger partial charge on any atom is -0.307 e. The van der Waals surface area contributed by atoms with Gasteiger partial charge < -0.3 is 5.32 Å². The number of hydrogen-bond donors (Lipinski definition) is 1. The molecule has 124 valence electrons. The van der Waals surface area contributed by atoms with Crippen LogP contribution in [0, 0.1) is 6.92 Å². The maximum absolute atomic E-state index is 12.0. The van der Waals surface area contributed by atoms with E-state index in [9.17, 15) is 4.79 Å². The average molecular weight is 375 g/mol. The van der Waals surface area contributed by atoms with Crippen molar-refractivity contribution < 1.29 is 4.79 Å². The van der Waals surface area contributed by atoms with Gasteiger partial charge in [-0.2, -0.15) is 5.10 Å². The number of rotatable bonds is 2. The van der Waals surface area contributed by atoms with Gasteiger partial charge in [0.25, 0.3) is 9.70 Å². The Labute approximate surface area is 150 Å². The van der Waals surface area contributed by atoms with Gasteiger partial charge in [0, 0.05) is 11.5 Å². The van der Waals surface area contributed by atoms with Crippen LogP contribution in [0.1, 0.15) is 32.0 Å². The van der Waals surface area contributed by atoms with E-state index in [-0.39, 0.29) is 5.41 Å². The van der Waals surface area contributed by atoms with Crippen LogP contribution in [0.15, 0.2) is 30.3 Å². The van der Waals surface area contributed by atoms with Gasteiger partial charge in [-0.05, 0) is 19.1 Å². The SMILES string of the molecule is Cc1ccc(-n2nc(C(C)(C)C)cc2NC(=O)C(Cl)(Cl)Cl)cc1. The van der Waals surface area contributed by atoms with Crippen molar-refractivity contribution in [3.63, 3.8) is 0 Å². The summed E-state index contributed by atoms with van der Waals surface area (Å²) in [6.07, 6.45) is 0. The van der Waals surface area contributed by atoms with Gasteiger partial charge in [0.05, 0.1) is 11.4 Å². The molecule has 0 radical (unpaired) electrons. The molecule has 0 unspecified atom stereocenters. The zero-order valence-electron chi connectivity index (χ0n) is 13.3. The van der Waals surface area contributed by atoms with Crippen molar-refractivity contribution in [2.45, 2.75) is 36.9 Å². The van der Waals surface area contributed by atoms with Gasteiger partial charge in [-0.25, -0.2) is 4.68 Å². The standard InChI is InChI=1S/C16H18Cl3N3O/c1-10-5-7-11(8-6-10)22-13(20-14(23)16(17,18)19)9-12(21-22)15(2,3)4/h5-9H,1-4H3,(H,20,23). The Morgan fingerprint density at radius 2 is 1.70 bits per heavy atom. The molecule has 0 saturated carbocycles. The van der Waals surface area contributed by atoms with Crippen LogP contribution >= 0.6 is 34.8 Å². The predicted octanol–water partition coefficient (Wildman–Crippen LogP) is 4.79. The normalized spacial score (nSPS) is 12.3. The third-order valence-corrected chi connectivity index (χ3v) is 3.77. The van der Waals surface area contributed by atoms with Crippen LogP contribution in [0.25, 0.3) is 5.69 Å². The fourth-order valence-electron chi connectivity index (χ4n) is 1.91. The molecule has 0 atom stereocenters. The van der Waals surface area contributed by atoms with Gasteiger partial charge in [0.15, 0.2) is 0 Å². The Balaban J connectivity index is 2.49. The monoisotopic (exact) mass is 373 g/mol. The number of nitrogens with zero attached hydrogens (tertiary/aromatic N) is 2. The molecule has 4 nitrogen and oxygen atoms in total. The van der Waals surface area contributed by atoms with Crippen LogP contribution in [0.4, 0.5) is 5.82 Å². The highest BCUT2D eigenvalue weighted by atomic mass is 35.6. The average Bonchev–Trinajstić information content (AvgIpc) is 2.82. The first-order chi connectivity index (χ1) is 10.5. The predicted molar refractivity (Wildman–Crippen MR) is 95.9 cm³/mol. The highest BCUT2D eigenvalue weighted by Gasteiger charge is 2.32. The van der Waals surface area contributed by atoms with Crippen molar-refractivity contribution in [1.82, 2.24) is 9.78 Å². The Bertz CT molecular complexity index is 710. The van der Waals surface area contributed by atoms with Crippen LogP contribution < -0.4 is 5.32 Å². The molecule has 0 fully saturated rings. The first-order valence-corrected chi connectivity index (χ1v) is 8.17. The fourth-order valence-corrected chi connectivity index (χ4v) is 2.05. The molecule has 0 aliphatic rings. The van der Waals surface area contributed by atoms with Crippen molar-refractivity contribution in [2.75, 3.05) is 5.32 Å². The smallest absolute Gasteiger partial charge is 0.277 e. The van der Waals surface area contributed by atoms with Crippen LogP contribution in [-0.2, 0) is 10.2 Å². The summed E-state index contributed by atoms with van der Waals surface area (Å²) < 4.78 is -0.404. The summed E-state index contributed by atoms with van der Waals surface area (Å²) in [6.45, 7) is 8.11. The Morgan fingerprint density at radius 3 is 2.17 bits per heavy atom. The highest BCUT2D eigenvalue weighted by molar-refractivity contribution is 6.76. The van der Waals surface area contributed by atoms with E-state index in [2.05, 4.69) is 10.4 Å². The van der Waals surface area contributed by atoms with E-state index < -0.39 is 9.70 Å². The molecule has 1 aromatic carbocycles. The molecule has 0 saturated heterocycles. The van der Waals surface area contributed by atoms with Gasteiger partial charge in [-0.15, -0.1) is 0 Å². The van der Waals surface area contributed by atoms with E-state index >= 15 is 0 Å². The second-order valence-corrected chi connectivity index (χ2v) is 8.65. The molecule has 0 aliphatic heterocycles. The van der Waals surface area contributed by atoms with Gasteiger partial charge >= 0.3 is 0 Å². The summed E-state index contributed by atoms with van der Waals surface area (Å²) in [6, 6.07) is 9.55. The van der Waals surface area contributed by atoms with Crippen LogP contribution in [-0.4, -0.2) is 19.5 Å². The minimum absolute atomic E-state index is 0.185. The fraction of sp³-hybridized carbons (Fsp3) is 0.375. The van der Waals surface area contributed by atoms with E-state index in [1.807, 2.05) is 52.0 Å². The zero-order valence-corrected chi connectivity index (χ0v) is 15.6. The lowest BCUT2D eigenvalue weighted by Gasteiger charge is -2.14. The van der Waals surface area contributed by atoms with Crippen LogP contribution in [0.5, 0.6) is 0 Å². The lowest BCUT2D eigenvalue weighted by molar-refractivity contribution is -0.115. The molecule has 0 bridgehead atoms. The number of carbonyl (C=O) groups is 1. The molecular weight excluding hydrogens is 357 g/mol. The van der Waals surface area contributed by atoms with Crippen LogP contribution in [0.2, 0.25) is 0 Å². The number of carbonyl (C=O) groups excluding carboxylic acids is 1. The molecule has 23 heavy (non-hydrogen) atoms. The maximum Gasteiger partial charge on any atom is 0.277 e. The molecule has 2 aromatic rings. The summed E-state index contributed by atoms with van der Waals surface area (Å²) in [4.78, 5) is 12.0. The Hall–Kier alpha value is -1.23. The number of aryl methyl sites for hydroxylation is 1. The van der Waals surface area contributed by atoms with E-state index in [4.69, 9.17) is 34.8 Å². The van der Waals surface area contributed by atoms with E-state index in [0.29, 0.717) is 5.82 Å². The molecule has 2 rings (SSSR count). The van der Waals surface area contributed by atoms with Crippen molar-refractivity contribution >= 4 is 46.5 Å². The minimum atomic E-state index is -2.04. The Morgan fingerprint density at radius 1 is 1.13 bits per heavy atom. The molecule has 0 spiro atoms. The number of amides is 1. The van der Waals surface area contributed by atoms with Gasteiger partial charge in [-0.3, -0.25) is 4.79 Å². The number of nitrogens with one attached hydrogen (secondary N) is 1. The summed E-state index contributed by atoms with van der Waals surface area (Å²) in [5.41, 5.74) is 2.57. The number of hydrogen-bond acceptors (Lipinski definition) is 2. The highest BCUT2D eigenvalue weighted by Crippen LogP contribution is 2.30. The molecule has 1 N–H and O–H groups in total. The number of aromatic nitrogens is 2. The number of benzene rings is 1. The van der Waals surface area contributed by atoms with Gasteiger partial charge in [0.1, 0.15) is 5.82 Å². The molecular formula is C16H18Cl3N3O. The van der Waals surface area contributed by atoms with Crippen molar-refractivity contribution in [3.05, 3.63) is 41.6 Å². The largest absolute Gasteiger partial charge is 0.307 e. The van der Waals surface area contributed by atoms with Gasteiger partial charge in [-0.1, -0.05) is 73.3 Å². The molecule has 0 aliphatic carbocycles. The van der Waals surface area contributed by atoms with Gasteiger partial charge in [0.2, 0.25) is 0 Å². The summed E-state index contributed by atoms with van der Waals surface area (Å²) in [7, 11) is 0. The molecule has 7 heteroatoms. The van der Waals surface area contributed by atoms with Crippen molar-refractivity contribution in [1.29, 1.82) is 0 Å².